The van der Waals surface area contributed by atoms with Crippen molar-refractivity contribution in [2.24, 2.45) is 5.16 Å². The van der Waals surface area contributed by atoms with Gasteiger partial charge in [-0.05, 0) is 13.0 Å². The number of fused-ring (bicyclic) bond motifs is 1. The van der Waals surface area contributed by atoms with Crippen molar-refractivity contribution in [1.82, 2.24) is 0 Å². The topological polar surface area (TPSA) is 123 Å². The van der Waals surface area contributed by atoms with Crippen LogP contribution in [0.4, 0.5) is 5.69 Å². The second-order valence-electron chi connectivity index (χ2n) is 5.91. The summed E-state index contributed by atoms with van der Waals surface area (Å²) in [6, 6.07) is 7.07. The monoisotopic (exact) mass is 378 g/mol. The van der Waals surface area contributed by atoms with E-state index in [9.17, 15) is 14.4 Å². The van der Waals surface area contributed by atoms with Gasteiger partial charge in [0.05, 0.1) is 11.4 Å². The summed E-state index contributed by atoms with van der Waals surface area (Å²) in [4.78, 5) is 50.3. The molecule has 0 aliphatic carbocycles. The number of esters is 1. The number of hydrogen-bond acceptors (Lipinski definition) is 7. The number of rotatable bonds is 4. The molecule has 0 bridgehead atoms. The molecule has 146 valence electrons. The van der Waals surface area contributed by atoms with Gasteiger partial charge in [-0.3, -0.25) is 14.4 Å². The van der Waals surface area contributed by atoms with Crippen molar-refractivity contribution in [3.8, 4) is 0 Å². The third-order valence-corrected chi connectivity index (χ3v) is 3.50. The van der Waals surface area contributed by atoms with E-state index in [0.717, 1.165) is 6.92 Å². The molecule has 1 atom stereocenters. The molecule has 1 unspecified atom stereocenters. The Morgan fingerprint density at radius 3 is 2.19 bits per heavy atom. The minimum atomic E-state index is -1.50. The van der Waals surface area contributed by atoms with Gasteiger partial charge >= 0.3 is 11.9 Å². The molecule has 1 amide bonds. The fourth-order valence-electron chi connectivity index (χ4n) is 2.69. The van der Waals surface area contributed by atoms with Crippen LogP contribution in [-0.4, -0.2) is 41.7 Å². The van der Waals surface area contributed by atoms with Crippen LogP contribution >= 0.6 is 0 Å². The minimum Gasteiger partial charge on any atom is -0.481 e. The van der Waals surface area contributed by atoms with E-state index in [0.29, 0.717) is 17.0 Å². The van der Waals surface area contributed by atoms with Gasteiger partial charge in [-0.25, -0.2) is 4.79 Å². The first-order valence-electron chi connectivity index (χ1n) is 7.99. The highest BCUT2D eigenvalue weighted by molar-refractivity contribution is 6.09. The molecule has 27 heavy (non-hydrogen) atoms. The van der Waals surface area contributed by atoms with Gasteiger partial charge in [0.25, 0.3) is 11.9 Å². The number of oxime groups is 1. The Morgan fingerprint density at radius 1 is 1.11 bits per heavy atom. The molecule has 1 aliphatic heterocycles. The van der Waals surface area contributed by atoms with Crippen molar-refractivity contribution in [2.75, 3.05) is 11.9 Å². The van der Waals surface area contributed by atoms with Crippen LogP contribution in [0.3, 0.4) is 0 Å². The van der Waals surface area contributed by atoms with Crippen LogP contribution in [0.25, 0.3) is 0 Å². The van der Waals surface area contributed by atoms with Crippen molar-refractivity contribution in [3.63, 3.8) is 0 Å². The SMILES string of the molecule is CC(=O)O.CC(=O)O/N=C(/C)CC1(OC(C)=O)C(=O)N(C)c2ccccc21. The smallest absolute Gasteiger partial charge is 0.331 e. The molecule has 1 heterocycles. The number of aliphatic carboxylic acids is 1. The number of benzene rings is 1. The highest BCUT2D eigenvalue weighted by Crippen LogP contribution is 2.44. The Balaban J connectivity index is 0.000000828. The quantitative estimate of drug-likeness (QED) is 0.367. The molecule has 1 aromatic carbocycles. The van der Waals surface area contributed by atoms with E-state index in [-0.39, 0.29) is 12.3 Å². The summed E-state index contributed by atoms with van der Waals surface area (Å²) >= 11 is 0. The zero-order valence-corrected chi connectivity index (χ0v) is 15.8. The van der Waals surface area contributed by atoms with E-state index in [1.165, 1.54) is 18.7 Å². The first-order valence-corrected chi connectivity index (χ1v) is 7.99. The highest BCUT2D eigenvalue weighted by atomic mass is 16.7. The Bertz CT molecular complexity index is 784. The molecular weight excluding hydrogens is 356 g/mol. The van der Waals surface area contributed by atoms with E-state index >= 15 is 0 Å². The zero-order chi connectivity index (χ0) is 20.8. The minimum absolute atomic E-state index is 0.0000463. The summed E-state index contributed by atoms with van der Waals surface area (Å²) in [6.07, 6.45) is 0.0000463. The molecular formula is C18H22N2O7. The lowest BCUT2D eigenvalue weighted by molar-refractivity contribution is -0.165. The third kappa shape index (κ3) is 5.37. The molecule has 9 nitrogen and oxygen atoms in total. The molecule has 1 aliphatic rings. The molecule has 0 saturated carbocycles. The van der Waals surface area contributed by atoms with Crippen LogP contribution < -0.4 is 4.90 Å². The van der Waals surface area contributed by atoms with E-state index in [1.54, 1.807) is 38.2 Å². The lowest BCUT2D eigenvalue weighted by atomic mass is 9.89. The number of carbonyl (C=O) groups is 4. The van der Waals surface area contributed by atoms with Gasteiger partial charge in [0.1, 0.15) is 0 Å². The van der Waals surface area contributed by atoms with Gasteiger partial charge in [-0.2, -0.15) is 0 Å². The van der Waals surface area contributed by atoms with Crippen LogP contribution in [0, 0.1) is 0 Å². The maximum absolute atomic E-state index is 12.8. The van der Waals surface area contributed by atoms with Gasteiger partial charge in [-0.1, -0.05) is 23.4 Å². The summed E-state index contributed by atoms with van der Waals surface area (Å²) in [5, 5.41) is 11.1. The lowest BCUT2D eigenvalue weighted by Gasteiger charge is -2.27. The zero-order valence-electron chi connectivity index (χ0n) is 15.8. The van der Waals surface area contributed by atoms with Gasteiger partial charge < -0.3 is 19.6 Å². The largest absolute Gasteiger partial charge is 0.481 e. The molecule has 9 heteroatoms. The molecule has 1 N–H and O–H groups in total. The number of ether oxygens (including phenoxy) is 1. The second-order valence-corrected chi connectivity index (χ2v) is 5.91. The number of amides is 1. The van der Waals surface area contributed by atoms with Crippen LogP contribution in [0.5, 0.6) is 0 Å². The van der Waals surface area contributed by atoms with Crippen molar-refractivity contribution in [2.45, 2.75) is 39.7 Å². The number of carbonyl (C=O) groups excluding carboxylic acids is 3. The molecule has 0 spiro atoms. The normalized spacial score (nSPS) is 18.2. The molecule has 1 aromatic rings. The van der Waals surface area contributed by atoms with E-state index < -0.39 is 23.5 Å². The standard InChI is InChI=1S/C16H18N2O5.C2H4O2/c1-10(17-23-12(3)20)9-16(22-11(2)19)13-7-5-6-8-14(13)18(4)15(16)21;1-2(3)4/h5-8H,9H2,1-4H3;1H3,(H,3,4)/b17-10-;. The molecule has 2 rings (SSSR count). The number of hydrogen-bond donors (Lipinski definition) is 1. The summed E-state index contributed by atoms with van der Waals surface area (Å²) in [5.74, 6) is -2.35. The number of carboxylic acid groups (broad SMARTS) is 1. The fourth-order valence-corrected chi connectivity index (χ4v) is 2.69. The molecule has 0 aromatic heterocycles. The first kappa shape index (κ1) is 21.8. The second kappa shape index (κ2) is 8.93. The average molecular weight is 378 g/mol. The number of likely N-dealkylation sites (N-methyl/N-ethyl adjacent to an activating group) is 1. The number of carboxylic acids is 1. The van der Waals surface area contributed by atoms with Crippen molar-refractivity contribution >= 4 is 35.2 Å². The highest BCUT2D eigenvalue weighted by Gasteiger charge is 2.53. The van der Waals surface area contributed by atoms with E-state index in [4.69, 9.17) is 14.6 Å². The Kier molecular flexibility index (Phi) is 7.21. The van der Waals surface area contributed by atoms with E-state index in [2.05, 4.69) is 9.99 Å². The third-order valence-electron chi connectivity index (χ3n) is 3.50. The number of anilines is 1. The number of para-hydroxylation sites is 1. The van der Waals surface area contributed by atoms with Crippen LogP contribution in [0.2, 0.25) is 0 Å². The van der Waals surface area contributed by atoms with Crippen LogP contribution in [0.1, 0.15) is 39.7 Å². The average Bonchev–Trinajstić information content (AvgIpc) is 2.75. The summed E-state index contributed by atoms with van der Waals surface area (Å²) in [5.41, 5.74) is 0.115. The Labute approximate surface area is 156 Å². The Morgan fingerprint density at radius 2 is 1.67 bits per heavy atom. The molecule has 0 saturated heterocycles. The van der Waals surface area contributed by atoms with Crippen LogP contribution in [0.15, 0.2) is 29.4 Å². The molecule has 0 fully saturated rings. The van der Waals surface area contributed by atoms with Gasteiger partial charge in [-0.15, -0.1) is 0 Å². The van der Waals surface area contributed by atoms with Gasteiger partial charge in [0.2, 0.25) is 5.60 Å². The maximum Gasteiger partial charge on any atom is 0.331 e. The Hall–Kier alpha value is -3.23. The van der Waals surface area contributed by atoms with Crippen LogP contribution in [-0.2, 0) is 34.4 Å². The summed E-state index contributed by atoms with van der Waals surface area (Å²) < 4.78 is 5.43. The maximum atomic E-state index is 12.8. The predicted octanol–water partition coefficient (Wildman–Crippen LogP) is 1.84. The van der Waals surface area contributed by atoms with Crippen molar-refractivity contribution in [3.05, 3.63) is 29.8 Å². The summed E-state index contributed by atoms with van der Waals surface area (Å²) in [6.45, 7) is 5.15. The number of nitrogens with zero attached hydrogens (tertiary/aromatic N) is 2. The summed E-state index contributed by atoms with van der Waals surface area (Å²) in [7, 11) is 1.62. The van der Waals surface area contributed by atoms with Crippen molar-refractivity contribution < 1.29 is 33.9 Å². The van der Waals surface area contributed by atoms with Gasteiger partial charge in [0, 0.05) is 39.8 Å². The predicted molar refractivity (Wildman–Crippen MR) is 96.1 cm³/mol. The first-order chi connectivity index (χ1) is 12.5. The lowest BCUT2D eigenvalue weighted by Crippen LogP contribution is -2.43. The van der Waals surface area contributed by atoms with Crippen molar-refractivity contribution in [1.29, 1.82) is 0 Å². The van der Waals surface area contributed by atoms with E-state index in [1.807, 2.05) is 0 Å². The van der Waals surface area contributed by atoms with Gasteiger partial charge in [0.15, 0.2) is 0 Å². The fraction of sp³-hybridized carbons (Fsp3) is 0.389. The molecule has 0 radical (unpaired) electrons.